The van der Waals surface area contributed by atoms with Crippen LogP contribution in [0.15, 0.2) is 23.4 Å². The third-order valence-corrected chi connectivity index (χ3v) is 3.41. The Morgan fingerprint density at radius 1 is 1.69 bits per heavy atom. The minimum Gasteiger partial charge on any atom is -0.465 e. The number of esters is 1. The van der Waals surface area contributed by atoms with Crippen LogP contribution in [0.4, 0.5) is 0 Å². The topological polar surface area (TPSA) is 39.2 Å². The molecule has 0 saturated heterocycles. The van der Waals surface area contributed by atoms with Crippen molar-refractivity contribution in [3.8, 4) is 0 Å². The number of hydrogen-bond donors (Lipinski definition) is 0. The van der Waals surface area contributed by atoms with Crippen molar-refractivity contribution >= 4 is 29.3 Å². The summed E-state index contributed by atoms with van der Waals surface area (Å²) in [6.07, 6.45) is 2.55. The van der Waals surface area contributed by atoms with Crippen LogP contribution in [0.1, 0.15) is 23.7 Å². The predicted octanol–water partition coefficient (Wildman–Crippen LogP) is 2.98. The lowest BCUT2D eigenvalue weighted by Gasteiger charge is -2.10. The molecule has 1 heterocycles. The fourth-order valence-electron chi connectivity index (χ4n) is 1.15. The van der Waals surface area contributed by atoms with Gasteiger partial charge in [0.1, 0.15) is 5.03 Å². The highest BCUT2D eigenvalue weighted by Crippen LogP contribution is 2.26. The second kappa shape index (κ2) is 6.76. The largest absolute Gasteiger partial charge is 0.465 e. The molecular weight excluding hydrogens is 246 g/mol. The highest BCUT2D eigenvalue weighted by molar-refractivity contribution is 7.99. The molecule has 0 aliphatic heterocycles. The second-order valence-electron chi connectivity index (χ2n) is 3.25. The van der Waals surface area contributed by atoms with Crippen LogP contribution in [0.25, 0.3) is 0 Å². The zero-order valence-corrected chi connectivity index (χ0v) is 10.8. The highest BCUT2D eigenvalue weighted by Gasteiger charge is 2.15. The lowest BCUT2D eigenvalue weighted by molar-refractivity contribution is 0.0596. The van der Waals surface area contributed by atoms with Crippen LogP contribution in [-0.2, 0) is 4.74 Å². The molecule has 16 heavy (non-hydrogen) atoms. The van der Waals surface area contributed by atoms with Crippen molar-refractivity contribution in [1.82, 2.24) is 4.98 Å². The monoisotopic (exact) mass is 259 g/mol. The van der Waals surface area contributed by atoms with E-state index in [1.807, 2.05) is 0 Å². The summed E-state index contributed by atoms with van der Waals surface area (Å²) in [6, 6.07) is 3.44. The van der Waals surface area contributed by atoms with Crippen molar-refractivity contribution in [3.63, 3.8) is 0 Å². The fourth-order valence-corrected chi connectivity index (χ4v) is 2.63. The molecule has 0 fully saturated rings. The van der Waals surface area contributed by atoms with Crippen LogP contribution < -0.4 is 0 Å². The summed E-state index contributed by atoms with van der Waals surface area (Å²) in [5, 5.41) is 1.03. The van der Waals surface area contributed by atoms with Crippen molar-refractivity contribution in [3.05, 3.63) is 23.9 Å². The molecule has 0 bridgehead atoms. The molecule has 0 aliphatic carbocycles. The molecule has 3 nitrogen and oxygen atoms in total. The smallest absolute Gasteiger partial charge is 0.340 e. The van der Waals surface area contributed by atoms with E-state index in [1.54, 1.807) is 30.1 Å². The van der Waals surface area contributed by atoms with Crippen molar-refractivity contribution in [2.24, 2.45) is 0 Å². The second-order valence-corrected chi connectivity index (χ2v) is 5.06. The van der Waals surface area contributed by atoms with Crippen LogP contribution in [0, 0.1) is 0 Å². The number of rotatable bonds is 5. The van der Waals surface area contributed by atoms with E-state index >= 15 is 0 Å². The SMILES string of the molecule is COC(=O)c1cccnc1SC(C)CCCl. The number of thioether (sulfide) groups is 1. The molecule has 0 aliphatic rings. The summed E-state index contributed by atoms with van der Waals surface area (Å²) in [5.74, 6) is 0.253. The van der Waals surface area contributed by atoms with E-state index in [-0.39, 0.29) is 5.97 Å². The molecule has 0 aromatic carbocycles. The first-order valence-corrected chi connectivity index (χ1v) is 6.36. The van der Waals surface area contributed by atoms with E-state index in [2.05, 4.69) is 11.9 Å². The Morgan fingerprint density at radius 3 is 3.06 bits per heavy atom. The van der Waals surface area contributed by atoms with E-state index < -0.39 is 0 Å². The molecule has 1 atom stereocenters. The first kappa shape index (κ1) is 13.3. The number of aromatic nitrogens is 1. The molecule has 0 spiro atoms. The Balaban J connectivity index is 2.82. The number of ether oxygens (including phenoxy) is 1. The fraction of sp³-hybridized carbons (Fsp3) is 0.455. The molecule has 0 N–H and O–H groups in total. The summed E-state index contributed by atoms with van der Waals surface area (Å²) in [5.41, 5.74) is 0.511. The van der Waals surface area contributed by atoms with Gasteiger partial charge in [0.25, 0.3) is 0 Å². The Hall–Kier alpha value is -0.740. The van der Waals surface area contributed by atoms with Crippen LogP contribution in [0.3, 0.4) is 0 Å². The van der Waals surface area contributed by atoms with Gasteiger partial charge in [-0.3, -0.25) is 0 Å². The first-order valence-electron chi connectivity index (χ1n) is 4.95. The van der Waals surface area contributed by atoms with Gasteiger partial charge in [0, 0.05) is 17.3 Å². The molecule has 0 saturated carbocycles. The lowest BCUT2D eigenvalue weighted by atomic mass is 10.3. The molecule has 5 heteroatoms. The molecule has 1 aromatic rings. The van der Waals surface area contributed by atoms with Crippen molar-refractivity contribution in [2.75, 3.05) is 13.0 Å². The number of carbonyl (C=O) groups excluding carboxylic acids is 1. The summed E-state index contributed by atoms with van der Waals surface area (Å²) < 4.78 is 4.70. The highest BCUT2D eigenvalue weighted by atomic mass is 35.5. The maximum atomic E-state index is 11.5. The van der Waals surface area contributed by atoms with Gasteiger partial charge < -0.3 is 4.74 Å². The molecule has 1 aromatic heterocycles. The van der Waals surface area contributed by atoms with Gasteiger partial charge in [-0.1, -0.05) is 6.92 Å². The minimum atomic E-state index is -0.353. The van der Waals surface area contributed by atoms with Crippen LogP contribution >= 0.6 is 23.4 Å². The van der Waals surface area contributed by atoms with Gasteiger partial charge in [-0.05, 0) is 18.6 Å². The van der Waals surface area contributed by atoms with Gasteiger partial charge in [-0.25, -0.2) is 9.78 Å². The molecule has 1 unspecified atom stereocenters. The number of carbonyl (C=O) groups is 1. The van der Waals surface area contributed by atoms with Crippen LogP contribution in [-0.4, -0.2) is 29.2 Å². The zero-order valence-electron chi connectivity index (χ0n) is 9.27. The van der Waals surface area contributed by atoms with Crippen molar-refractivity contribution < 1.29 is 9.53 Å². The molecule has 1 rings (SSSR count). The van der Waals surface area contributed by atoms with Crippen molar-refractivity contribution in [2.45, 2.75) is 23.6 Å². The van der Waals surface area contributed by atoms with Crippen molar-refractivity contribution in [1.29, 1.82) is 0 Å². The quantitative estimate of drug-likeness (QED) is 0.463. The zero-order chi connectivity index (χ0) is 12.0. The maximum Gasteiger partial charge on any atom is 0.340 e. The van der Waals surface area contributed by atoms with E-state index in [0.29, 0.717) is 21.7 Å². The van der Waals surface area contributed by atoms with E-state index in [4.69, 9.17) is 16.3 Å². The summed E-state index contributed by atoms with van der Waals surface area (Å²) in [6.45, 7) is 2.06. The Morgan fingerprint density at radius 2 is 2.44 bits per heavy atom. The maximum absolute atomic E-state index is 11.5. The van der Waals surface area contributed by atoms with E-state index in [9.17, 15) is 4.79 Å². The number of methoxy groups -OCH3 is 1. The molecule has 88 valence electrons. The third kappa shape index (κ3) is 3.68. The van der Waals surface area contributed by atoms with Crippen LogP contribution in [0.5, 0.6) is 0 Å². The Labute approximate surface area is 105 Å². The van der Waals surface area contributed by atoms with E-state index in [1.165, 1.54) is 7.11 Å². The number of alkyl halides is 1. The minimum absolute atomic E-state index is 0.329. The summed E-state index contributed by atoms with van der Waals surface area (Å²) in [4.78, 5) is 15.7. The van der Waals surface area contributed by atoms with Gasteiger partial charge in [0.15, 0.2) is 0 Å². The van der Waals surface area contributed by atoms with Gasteiger partial charge in [-0.15, -0.1) is 23.4 Å². The first-order chi connectivity index (χ1) is 7.69. The van der Waals surface area contributed by atoms with Gasteiger partial charge in [0.2, 0.25) is 0 Å². The van der Waals surface area contributed by atoms with E-state index in [0.717, 1.165) is 6.42 Å². The molecule has 0 amide bonds. The average molecular weight is 260 g/mol. The van der Waals surface area contributed by atoms with Crippen LogP contribution in [0.2, 0.25) is 0 Å². The van der Waals surface area contributed by atoms with Gasteiger partial charge in [-0.2, -0.15) is 0 Å². The Bertz CT molecular complexity index is 360. The lowest BCUT2D eigenvalue weighted by Crippen LogP contribution is -2.06. The summed E-state index contributed by atoms with van der Waals surface area (Å²) >= 11 is 7.21. The number of hydrogen-bond acceptors (Lipinski definition) is 4. The average Bonchev–Trinajstić information content (AvgIpc) is 2.29. The number of nitrogens with zero attached hydrogens (tertiary/aromatic N) is 1. The van der Waals surface area contributed by atoms with Gasteiger partial charge in [0.05, 0.1) is 12.7 Å². The molecular formula is C11H14ClNO2S. The van der Waals surface area contributed by atoms with Gasteiger partial charge >= 0.3 is 5.97 Å². The predicted molar refractivity (Wildman–Crippen MR) is 66.2 cm³/mol. The Kier molecular flexibility index (Phi) is 5.63. The number of pyridine rings is 1. The normalized spacial score (nSPS) is 12.2. The third-order valence-electron chi connectivity index (χ3n) is 2.00. The molecule has 0 radical (unpaired) electrons. The standard InChI is InChI=1S/C11H14ClNO2S/c1-8(5-6-12)16-10-9(11(14)15-2)4-3-7-13-10/h3-4,7-8H,5-6H2,1-2H3. The summed E-state index contributed by atoms with van der Waals surface area (Å²) in [7, 11) is 1.37. The number of halogens is 1.